The zero-order valence-electron chi connectivity index (χ0n) is 15.7. The first-order chi connectivity index (χ1) is 12.6. The van der Waals surface area contributed by atoms with Crippen molar-refractivity contribution < 1.29 is 4.79 Å². The first kappa shape index (κ1) is 19.2. The van der Waals surface area contributed by atoms with Crippen LogP contribution >= 0.6 is 11.6 Å². The molecule has 0 bridgehead atoms. The van der Waals surface area contributed by atoms with Crippen molar-refractivity contribution in [1.82, 2.24) is 10.2 Å². The highest BCUT2D eigenvalue weighted by atomic mass is 35.5. The largest absolute Gasteiger partial charge is 0.369 e. The van der Waals surface area contributed by atoms with Gasteiger partial charge in [0.1, 0.15) is 0 Å². The van der Waals surface area contributed by atoms with E-state index in [2.05, 4.69) is 33.3 Å². The Balaban J connectivity index is 1.38. The summed E-state index contributed by atoms with van der Waals surface area (Å²) in [5.41, 5.74) is 1.04. The fourth-order valence-electron chi connectivity index (χ4n) is 4.17. The van der Waals surface area contributed by atoms with Gasteiger partial charge >= 0.3 is 0 Å². The van der Waals surface area contributed by atoms with Crippen LogP contribution in [0.2, 0.25) is 5.02 Å². The number of hydrogen-bond donors (Lipinski definition) is 1. The second-order valence-corrected chi connectivity index (χ2v) is 7.94. The molecule has 1 aromatic carbocycles. The molecule has 5 heteroatoms. The predicted molar refractivity (Wildman–Crippen MR) is 109 cm³/mol. The normalized spacial score (nSPS) is 19.7. The van der Waals surface area contributed by atoms with E-state index in [4.69, 9.17) is 11.6 Å². The van der Waals surface area contributed by atoms with Crippen molar-refractivity contribution in [2.45, 2.75) is 32.1 Å². The molecule has 1 amide bonds. The third kappa shape index (κ3) is 4.60. The Hall–Kier alpha value is -1.52. The van der Waals surface area contributed by atoms with Crippen LogP contribution in [0.25, 0.3) is 0 Å². The van der Waals surface area contributed by atoms with Gasteiger partial charge in [0.05, 0.1) is 5.41 Å². The Morgan fingerprint density at radius 1 is 1.15 bits per heavy atom. The maximum absolute atomic E-state index is 12.3. The van der Waals surface area contributed by atoms with E-state index < -0.39 is 0 Å². The minimum atomic E-state index is -0.181. The Labute approximate surface area is 162 Å². The van der Waals surface area contributed by atoms with Gasteiger partial charge in [0.25, 0.3) is 0 Å². The number of nitrogens with zero attached hydrogens (tertiary/aromatic N) is 2. The Morgan fingerprint density at radius 3 is 2.54 bits per heavy atom. The smallest absolute Gasteiger partial charge is 0.226 e. The van der Waals surface area contributed by atoms with E-state index in [-0.39, 0.29) is 11.3 Å². The van der Waals surface area contributed by atoms with Crippen LogP contribution in [0.1, 0.15) is 32.1 Å². The number of halogens is 1. The molecule has 1 aliphatic carbocycles. The van der Waals surface area contributed by atoms with Crippen molar-refractivity contribution in [1.29, 1.82) is 0 Å². The average Bonchev–Trinajstić information content (AvgIpc) is 3.15. The van der Waals surface area contributed by atoms with Crippen LogP contribution in [0.4, 0.5) is 5.69 Å². The number of rotatable bonds is 7. The molecule has 0 aromatic heterocycles. The van der Waals surface area contributed by atoms with E-state index >= 15 is 0 Å². The van der Waals surface area contributed by atoms with Crippen molar-refractivity contribution in [3.05, 3.63) is 41.4 Å². The van der Waals surface area contributed by atoms with Crippen LogP contribution in [0.15, 0.2) is 36.4 Å². The molecule has 4 nitrogen and oxygen atoms in total. The summed E-state index contributed by atoms with van der Waals surface area (Å²) in [7, 11) is 1.75. The minimum absolute atomic E-state index is 0.181. The SMILES string of the molecule is CNC(=O)C1(CCCCN2CCN(c3cccc(Cl)c3)CC2)CC=CC1. The number of amides is 1. The van der Waals surface area contributed by atoms with Gasteiger partial charge < -0.3 is 10.2 Å². The van der Waals surface area contributed by atoms with Gasteiger partial charge in [0.15, 0.2) is 0 Å². The predicted octanol–water partition coefficient (Wildman–Crippen LogP) is 3.71. The van der Waals surface area contributed by atoms with Gasteiger partial charge in [0, 0.05) is 43.9 Å². The number of unbranched alkanes of at least 4 members (excludes halogenated alkanes) is 1. The Bertz CT molecular complexity index is 630. The molecule has 2 aliphatic rings. The zero-order valence-corrected chi connectivity index (χ0v) is 16.5. The van der Waals surface area contributed by atoms with Gasteiger partial charge in [0.2, 0.25) is 5.91 Å². The first-order valence-corrected chi connectivity index (χ1v) is 10.1. The summed E-state index contributed by atoms with van der Waals surface area (Å²) < 4.78 is 0. The molecule has 26 heavy (non-hydrogen) atoms. The van der Waals surface area contributed by atoms with Crippen LogP contribution < -0.4 is 10.2 Å². The highest BCUT2D eigenvalue weighted by Gasteiger charge is 2.37. The minimum Gasteiger partial charge on any atom is -0.369 e. The van der Waals surface area contributed by atoms with E-state index in [1.807, 2.05) is 18.2 Å². The van der Waals surface area contributed by atoms with E-state index in [0.29, 0.717) is 0 Å². The van der Waals surface area contributed by atoms with Crippen molar-refractivity contribution in [3.8, 4) is 0 Å². The van der Waals surface area contributed by atoms with Gasteiger partial charge in [-0.15, -0.1) is 0 Å². The maximum atomic E-state index is 12.3. The van der Waals surface area contributed by atoms with Crippen LogP contribution in [0, 0.1) is 5.41 Å². The number of piperazine rings is 1. The molecular formula is C21H30ClN3O. The Kier molecular flexibility index (Phi) is 6.60. The molecule has 142 valence electrons. The zero-order chi connectivity index (χ0) is 18.4. The number of carbonyl (C=O) groups excluding carboxylic acids is 1. The van der Waals surface area contributed by atoms with E-state index in [1.165, 1.54) is 5.69 Å². The molecule has 0 unspecified atom stereocenters. The summed E-state index contributed by atoms with van der Waals surface area (Å²) in [6.45, 7) is 5.41. The summed E-state index contributed by atoms with van der Waals surface area (Å²) in [6, 6.07) is 8.12. The molecule has 0 saturated carbocycles. The van der Waals surface area contributed by atoms with Crippen LogP contribution in [-0.2, 0) is 4.79 Å². The lowest BCUT2D eigenvalue weighted by atomic mass is 9.79. The molecule has 3 rings (SSSR count). The van der Waals surface area contributed by atoms with Gasteiger partial charge in [-0.05, 0) is 50.4 Å². The summed E-state index contributed by atoms with van der Waals surface area (Å²) in [5, 5.41) is 3.66. The first-order valence-electron chi connectivity index (χ1n) is 9.73. The molecule has 1 fully saturated rings. The lowest BCUT2D eigenvalue weighted by Crippen LogP contribution is -2.46. The van der Waals surface area contributed by atoms with Crippen molar-refractivity contribution in [3.63, 3.8) is 0 Å². The van der Waals surface area contributed by atoms with Crippen molar-refractivity contribution in [2.75, 3.05) is 44.7 Å². The maximum Gasteiger partial charge on any atom is 0.226 e. The van der Waals surface area contributed by atoms with E-state index in [1.54, 1.807) is 7.05 Å². The lowest BCUT2D eigenvalue weighted by molar-refractivity contribution is -0.130. The molecule has 1 aliphatic heterocycles. The summed E-state index contributed by atoms with van der Waals surface area (Å²) in [4.78, 5) is 17.2. The summed E-state index contributed by atoms with van der Waals surface area (Å²) in [5.74, 6) is 0.206. The lowest BCUT2D eigenvalue weighted by Gasteiger charge is -2.36. The standard InChI is InChI=1S/C21H30ClN3O/c1-23-20(26)21(9-2-3-10-21)11-4-5-12-24-13-15-25(16-14-24)19-8-6-7-18(22)17-19/h2-3,6-8,17H,4-5,9-16H2,1H3,(H,23,26). The second kappa shape index (κ2) is 8.92. The van der Waals surface area contributed by atoms with Crippen molar-refractivity contribution >= 4 is 23.2 Å². The third-order valence-electron chi connectivity index (χ3n) is 5.82. The monoisotopic (exact) mass is 375 g/mol. The fourth-order valence-corrected chi connectivity index (χ4v) is 4.36. The van der Waals surface area contributed by atoms with Gasteiger partial charge in [-0.1, -0.05) is 36.2 Å². The number of anilines is 1. The third-order valence-corrected chi connectivity index (χ3v) is 6.05. The number of allylic oxidation sites excluding steroid dienone is 2. The highest BCUT2D eigenvalue weighted by molar-refractivity contribution is 6.30. The van der Waals surface area contributed by atoms with E-state index in [0.717, 1.165) is 69.9 Å². The number of hydrogen-bond acceptors (Lipinski definition) is 3. The van der Waals surface area contributed by atoms with Gasteiger partial charge in [-0.3, -0.25) is 9.69 Å². The number of nitrogens with one attached hydrogen (secondary N) is 1. The molecule has 0 spiro atoms. The molecule has 1 aromatic rings. The van der Waals surface area contributed by atoms with Crippen molar-refractivity contribution in [2.24, 2.45) is 5.41 Å². The Morgan fingerprint density at radius 2 is 1.88 bits per heavy atom. The number of benzene rings is 1. The van der Waals surface area contributed by atoms with Gasteiger partial charge in [-0.25, -0.2) is 0 Å². The number of carbonyl (C=O) groups is 1. The topological polar surface area (TPSA) is 35.6 Å². The fraction of sp³-hybridized carbons (Fsp3) is 0.571. The average molecular weight is 376 g/mol. The van der Waals surface area contributed by atoms with Gasteiger partial charge in [-0.2, -0.15) is 0 Å². The van der Waals surface area contributed by atoms with Crippen LogP contribution in [0.5, 0.6) is 0 Å². The summed E-state index contributed by atoms with van der Waals surface area (Å²) >= 11 is 6.11. The van der Waals surface area contributed by atoms with Crippen LogP contribution in [0.3, 0.4) is 0 Å². The summed E-state index contributed by atoms with van der Waals surface area (Å²) in [6.07, 6.45) is 9.37. The quantitative estimate of drug-likeness (QED) is 0.582. The molecule has 1 heterocycles. The molecule has 1 saturated heterocycles. The van der Waals surface area contributed by atoms with Crippen LogP contribution in [-0.4, -0.2) is 50.6 Å². The molecule has 0 atom stereocenters. The molecule has 1 N–H and O–H groups in total. The second-order valence-electron chi connectivity index (χ2n) is 7.50. The highest BCUT2D eigenvalue weighted by Crippen LogP contribution is 2.38. The molecule has 0 radical (unpaired) electrons. The van der Waals surface area contributed by atoms with E-state index in [9.17, 15) is 4.79 Å². The molecular weight excluding hydrogens is 346 g/mol.